The molecule has 0 saturated heterocycles. The van der Waals surface area contributed by atoms with E-state index in [9.17, 15) is 18.4 Å². The molecule has 4 aliphatic carbocycles. The van der Waals surface area contributed by atoms with Gasteiger partial charge < -0.3 is 4.74 Å². The first-order valence-corrected chi connectivity index (χ1v) is 14.8. The minimum Gasteiger partial charge on any atom is -0.462 e. The Balaban J connectivity index is 1.47. The number of rotatable bonds is 8. The monoisotopic (exact) mass is 524 g/mol. The Morgan fingerprint density at radius 1 is 1.03 bits per heavy atom. The van der Waals surface area contributed by atoms with Gasteiger partial charge in [0.05, 0.1) is 0 Å². The zero-order valence-electron chi connectivity index (χ0n) is 23.2. The van der Waals surface area contributed by atoms with Gasteiger partial charge in [0.1, 0.15) is 17.7 Å². The molecule has 206 valence electrons. The highest BCUT2D eigenvalue weighted by atomic mass is 19.1. The second-order valence-corrected chi connectivity index (χ2v) is 12.4. The number of ether oxygens (including phenoxy) is 1. The van der Waals surface area contributed by atoms with E-state index < -0.39 is 11.6 Å². The lowest BCUT2D eigenvalue weighted by Crippen LogP contribution is -2.46. The lowest BCUT2D eigenvalue weighted by molar-refractivity contribution is -0.157. The number of hydrogen-bond donors (Lipinski definition) is 0. The molecule has 5 atom stereocenters. The first kappa shape index (κ1) is 27.3. The largest absolute Gasteiger partial charge is 0.462 e. The van der Waals surface area contributed by atoms with Crippen LogP contribution >= 0.6 is 0 Å². The quantitative estimate of drug-likeness (QED) is 0.253. The van der Waals surface area contributed by atoms with E-state index in [1.54, 1.807) is 0 Å². The highest BCUT2D eigenvalue weighted by Gasteiger charge is 2.58. The van der Waals surface area contributed by atoms with E-state index in [1.807, 2.05) is 6.08 Å². The number of esters is 1. The lowest BCUT2D eigenvalue weighted by Gasteiger charge is -2.52. The maximum absolute atomic E-state index is 14.8. The van der Waals surface area contributed by atoms with Gasteiger partial charge in [0.15, 0.2) is 5.78 Å². The molecule has 4 aliphatic rings. The topological polar surface area (TPSA) is 43.4 Å². The van der Waals surface area contributed by atoms with Crippen LogP contribution in [0.4, 0.5) is 8.78 Å². The molecule has 5 heteroatoms. The minimum atomic E-state index is -0.516. The first-order valence-electron chi connectivity index (χ1n) is 14.8. The molecule has 2 saturated carbocycles. The fraction of sp³-hybridized carbons (Fsp3) is 0.636. The summed E-state index contributed by atoms with van der Waals surface area (Å²) in [5, 5.41) is 0. The summed E-state index contributed by atoms with van der Waals surface area (Å²) >= 11 is 0. The summed E-state index contributed by atoms with van der Waals surface area (Å²) in [5.74, 6) is -0.469. The van der Waals surface area contributed by atoms with Crippen molar-refractivity contribution in [3.8, 4) is 0 Å². The molecule has 3 nitrogen and oxygen atoms in total. The van der Waals surface area contributed by atoms with E-state index in [-0.39, 0.29) is 40.7 Å². The minimum absolute atomic E-state index is 0.0435. The van der Waals surface area contributed by atoms with Crippen molar-refractivity contribution in [3.63, 3.8) is 0 Å². The van der Waals surface area contributed by atoms with Gasteiger partial charge in [-0.3, -0.25) is 9.59 Å². The number of ketones is 1. The Bertz CT molecular complexity index is 1140. The Morgan fingerprint density at radius 2 is 1.76 bits per heavy atom. The number of benzene rings is 1. The van der Waals surface area contributed by atoms with Gasteiger partial charge in [0.2, 0.25) is 0 Å². The van der Waals surface area contributed by atoms with E-state index in [4.69, 9.17) is 4.74 Å². The summed E-state index contributed by atoms with van der Waals surface area (Å²) < 4.78 is 35.8. The molecule has 0 N–H and O–H groups in total. The molecule has 1 aromatic rings. The molecule has 0 spiro atoms. The molecule has 5 unspecified atom stereocenters. The zero-order valence-corrected chi connectivity index (χ0v) is 23.2. The van der Waals surface area contributed by atoms with E-state index >= 15 is 0 Å². The summed E-state index contributed by atoms with van der Waals surface area (Å²) in [4.78, 5) is 25.1. The van der Waals surface area contributed by atoms with Crippen molar-refractivity contribution in [2.24, 2.45) is 17.3 Å². The first-order chi connectivity index (χ1) is 18.2. The van der Waals surface area contributed by atoms with Crippen molar-refractivity contribution in [1.29, 1.82) is 0 Å². The molecule has 5 rings (SSSR count). The van der Waals surface area contributed by atoms with Gasteiger partial charge in [-0.25, -0.2) is 8.78 Å². The van der Waals surface area contributed by atoms with Crippen LogP contribution in [0.3, 0.4) is 0 Å². The van der Waals surface area contributed by atoms with Crippen LogP contribution in [-0.2, 0) is 14.3 Å². The molecule has 38 heavy (non-hydrogen) atoms. The highest BCUT2D eigenvalue weighted by Crippen LogP contribution is 2.64. The fourth-order valence-corrected chi connectivity index (χ4v) is 8.06. The Hall–Kier alpha value is -2.30. The molecule has 0 aromatic heterocycles. The smallest absolute Gasteiger partial charge is 0.306 e. The molecule has 0 aliphatic heterocycles. The molecular weight excluding hydrogens is 482 g/mol. The van der Waals surface area contributed by atoms with Crippen molar-refractivity contribution in [2.75, 3.05) is 0 Å². The number of carbonyl (C=O) groups is 2. The van der Waals surface area contributed by atoms with Crippen LogP contribution in [0.15, 0.2) is 34.9 Å². The number of fused-ring (bicyclic) bond motifs is 4. The number of hydrogen-bond acceptors (Lipinski definition) is 3. The summed E-state index contributed by atoms with van der Waals surface area (Å²) in [6.07, 6.45) is 13.1. The Morgan fingerprint density at radius 3 is 2.50 bits per heavy atom. The third-order valence-electron chi connectivity index (χ3n) is 10.1. The average Bonchev–Trinajstić information content (AvgIpc) is 3.21. The Labute approximate surface area is 226 Å². The average molecular weight is 525 g/mol. The number of allylic oxidation sites excluding steroid dienone is 4. The predicted octanol–water partition coefficient (Wildman–Crippen LogP) is 8.45. The van der Waals surface area contributed by atoms with Crippen molar-refractivity contribution in [2.45, 2.75) is 116 Å². The molecule has 0 bridgehead atoms. The van der Waals surface area contributed by atoms with E-state index in [0.29, 0.717) is 37.2 Å². The Kier molecular flexibility index (Phi) is 7.94. The lowest BCUT2D eigenvalue weighted by atomic mass is 9.53. The van der Waals surface area contributed by atoms with Crippen LogP contribution in [-0.4, -0.2) is 17.9 Å². The molecule has 2 fully saturated rings. The van der Waals surface area contributed by atoms with Crippen molar-refractivity contribution < 1.29 is 23.1 Å². The molecule has 0 heterocycles. The summed E-state index contributed by atoms with van der Waals surface area (Å²) in [6.45, 7) is 5.90. The van der Waals surface area contributed by atoms with Gasteiger partial charge in [-0.15, -0.1) is 0 Å². The van der Waals surface area contributed by atoms with Crippen LogP contribution in [0.1, 0.15) is 114 Å². The van der Waals surface area contributed by atoms with Crippen LogP contribution < -0.4 is 0 Å². The van der Waals surface area contributed by atoms with E-state index in [0.717, 1.165) is 50.5 Å². The summed E-state index contributed by atoms with van der Waals surface area (Å²) in [6, 6.07) is 3.02. The van der Waals surface area contributed by atoms with Gasteiger partial charge >= 0.3 is 5.97 Å². The molecule has 0 radical (unpaired) electrons. The van der Waals surface area contributed by atoms with Gasteiger partial charge in [0.25, 0.3) is 0 Å². The normalized spacial score (nSPS) is 30.4. The van der Waals surface area contributed by atoms with Crippen LogP contribution in [0, 0.1) is 35.8 Å². The predicted molar refractivity (Wildman–Crippen MR) is 145 cm³/mol. The van der Waals surface area contributed by atoms with Crippen molar-refractivity contribution in [1.82, 2.24) is 0 Å². The van der Waals surface area contributed by atoms with Crippen molar-refractivity contribution >= 4 is 11.8 Å². The maximum Gasteiger partial charge on any atom is 0.306 e. The molecule has 1 aromatic carbocycles. The zero-order chi connectivity index (χ0) is 27.0. The molecular formula is C33H42F2O3. The highest BCUT2D eigenvalue weighted by molar-refractivity contribution is 5.93. The second-order valence-electron chi connectivity index (χ2n) is 12.4. The van der Waals surface area contributed by atoms with Gasteiger partial charge in [0, 0.05) is 29.7 Å². The van der Waals surface area contributed by atoms with Crippen LogP contribution in [0.5, 0.6) is 0 Å². The van der Waals surface area contributed by atoms with Crippen LogP contribution in [0.2, 0.25) is 0 Å². The number of unbranched alkanes of at least 4 members (excludes halogenated alkanes) is 4. The number of halogens is 2. The van der Waals surface area contributed by atoms with Crippen LogP contribution in [0.25, 0.3) is 0 Å². The van der Waals surface area contributed by atoms with Gasteiger partial charge in [-0.1, -0.05) is 45.1 Å². The summed E-state index contributed by atoms with van der Waals surface area (Å²) in [5.41, 5.74) is 4.13. The third-order valence-corrected chi connectivity index (χ3v) is 10.1. The van der Waals surface area contributed by atoms with Crippen molar-refractivity contribution in [3.05, 3.63) is 57.7 Å². The standard InChI is InChI=1S/C33H42F2O3/c1-4-5-6-7-8-9-31(37)38-30-15-14-27-25-12-10-21-16-23(36)11-13-24(21)32(25)26(19-33(27,30)3)22-17-28(34)20(2)29(35)18-22/h16-18,25-27,30H,4-15,19H2,1-3H3. The SMILES string of the molecule is CCCCCCCC(=O)OC1CCC2C3CCC4=CC(=O)CCC4=C3C(c3cc(F)c(C)c(F)c3)CC12C. The maximum atomic E-state index is 14.8. The van der Waals surface area contributed by atoms with Gasteiger partial charge in [-0.05, 0) is 98.6 Å². The second kappa shape index (κ2) is 11.1. The molecule has 0 amide bonds. The fourth-order valence-electron chi connectivity index (χ4n) is 8.06. The third kappa shape index (κ3) is 5.02. The summed E-state index contributed by atoms with van der Waals surface area (Å²) in [7, 11) is 0. The number of carbonyl (C=O) groups excluding carboxylic acids is 2. The van der Waals surface area contributed by atoms with E-state index in [1.165, 1.54) is 43.0 Å². The van der Waals surface area contributed by atoms with E-state index in [2.05, 4.69) is 13.8 Å². The van der Waals surface area contributed by atoms with Gasteiger partial charge in [-0.2, -0.15) is 0 Å².